The Kier molecular flexibility index (Phi) is 5.98. The third-order valence-electron chi connectivity index (χ3n) is 5.11. The van der Waals surface area contributed by atoms with Crippen molar-refractivity contribution in [2.45, 2.75) is 44.3 Å². The first kappa shape index (κ1) is 19.9. The molecule has 0 saturated heterocycles. The maximum atomic E-state index is 13.1. The van der Waals surface area contributed by atoms with Crippen molar-refractivity contribution < 1.29 is 18.0 Å². The largest absolute Gasteiger partial charge is 0.417 e. The van der Waals surface area contributed by atoms with Gasteiger partial charge in [0.05, 0.1) is 17.2 Å². The minimum atomic E-state index is -4.53. The third-order valence-corrected chi connectivity index (χ3v) is 5.11. The number of alkyl halides is 3. The summed E-state index contributed by atoms with van der Waals surface area (Å²) in [7, 11) is 0. The SMILES string of the molecule is N#Cc1ccc(CC2CCC(NC(=O)c3ccccn3)CC2)cc1C(F)(F)F. The molecule has 1 fully saturated rings. The molecular formula is C21H20F3N3O. The van der Waals surface area contributed by atoms with Crippen molar-refractivity contribution in [2.75, 3.05) is 0 Å². The van der Waals surface area contributed by atoms with Crippen molar-refractivity contribution in [2.24, 2.45) is 5.92 Å². The second kappa shape index (κ2) is 8.42. The summed E-state index contributed by atoms with van der Waals surface area (Å²) in [4.78, 5) is 16.2. The van der Waals surface area contributed by atoms with E-state index in [-0.39, 0.29) is 23.4 Å². The van der Waals surface area contributed by atoms with E-state index in [0.29, 0.717) is 17.7 Å². The normalized spacial score (nSPS) is 19.6. The van der Waals surface area contributed by atoms with Crippen LogP contribution in [0.1, 0.15) is 52.9 Å². The first-order valence-electron chi connectivity index (χ1n) is 9.19. The van der Waals surface area contributed by atoms with Gasteiger partial charge in [0.1, 0.15) is 5.69 Å². The maximum Gasteiger partial charge on any atom is 0.417 e. The molecule has 4 nitrogen and oxygen atoms in total. The minimum Gasteiger partial charge on any atom is -0.348 e. The Morgan fingerprint density at radius 2 is 1.93 bits per heavy atom. The molecule has 1 amide bonds. The van der Waals surface area contributed by atoms with Gasteiger partial charge in [-0.15, -0.1) is 0 Å². The molecule has 1 aliphatic rings. The highest BCUT2D eigenvalue weighted by atomic mass is 19.4. The van der Waals surface area contributed by atoms with Crippen LogP contribution in [0.5, 0.6) is 0 Å². The fourth-order valence-corrected chi connectivity index (χ4v) is 3.65. The molecule has 1 heterocycles. The minimum absolute atomic E-state index is 0.0532. The quantitative estimate of drug-likeness (QED) is 0.840. The number of nitrogens with one attached hydrogen (secondary N) is 1. The van der Waals surface area contributed by atoms with Crippen molar-refractivity contribution in [3.63, 3.8) is 0 Å². The second-order valence-electron chi connectivity index (χ2n) is 7.10. The summed E-state index contributed by atoms with van der Waals surface area (Å²) in [5, 5.41) is 11.9. The van der Waals surface area contributed by atoms with E-state index in [1.165, 1.54) is 6.07 Å². The number of nitriles is 1. The van der Waals surface area contributed by atoms with Crippen molar-refractivity contribution in [3.05, 3.63) is 65.0 Å². The van der Waals surface area contributed by atoms with Crippen LogP contribution >= 0.6 is 0 Å². The summed E-state index contributed by atoms with van der Waals surface area (Å²) in [5.74, 6) is 0.0583. The lowest BCUT2D eigenvalue weighted by Gasteiger charge is -2.29. The fraction of sp³-hybridized carbons (Fsp3) is 0.381. The summed E-state index contributed by atoms with van der Waals surface area (Å²) in [6.45, 7) is 0. The molecule has 0 atom stereocenters. The van der Waals surface area contributed by atoms with Crippen LogP contribution in [-0.2, 0) is 12.6 Å². The summed E-state index contributed by atoms with van der Waals surface area (Å²) < 4.78 is 39.3. The molecule has 0 bridgehead atoms. The van der Waals surface area contributed by atoms with Gasteiger partial charge in [-0.3, -0.25) is 9.78 Å². The van der Waals surface area contributed by atoms with Crippen LogP contribution in [0.4, 0.5) is 13.2 Å². The molecule has 2 aromatic rings. The molecule has 1 aromatic carbocycles. The van der Waals surface area contributed by atoms with Gasteiger partial charge in [0.15, 0.2) is 0 Å². The van der Waals surface area contributed by atoms with Crippen LogP contribution in [0.25, 0.3) is 0 Å². The van der Waals surface area contributed by atoms with Gasteiger partial charge in [-0.2, -0.15) is 18.4 Å². The predicted octanol–water partition coefficient (Wildman–Crippen LogP) is 4.50. The lowest BCUT2D eigenvalue weighted by molar-refractivity contribution is -0.137. The summed E-state index contributed by atoms with van der Waals surface area (Å²) in [6, 6.07) is 10.8. The number of hydrogen-bond donors (Lipinski definition) is 1. The van der Waals surface area contributed by atoms with E-state index in [1.54, 1.807) is 36.5 Å². The van der Waals surface area contributed by atoms with Crippen molar-refractivity contribution in [1.29, 1.82) is 5.26 Å². The van der Waals surface area contributed by atoms with E-state index in [9.17, 15) is 18.0 Å². The molecule has 0 spiro atoms. The van der Waals surface area contributed by atoms with Gasteiger partial charge in [-0.25, -0.2) is 0 Å². The Labute approximate surface area is 161 Å². The van der Waals surface area contributed by atoms with E-state index >= 15 is 0 Å². The third kappa shape index (κ3) is 4.89. The Hall–Kier alpha value is -2.88. The first-order chi connectivity index (χ1) is 13.4. The average Bonchev–Trinajstić information content (AvgIpc) is 2.69. The highest BCUT2D eigenvalue weighted by Crippen LogP contribution is 2.34. The number of benzene rings is 1. The molecule has 1 aliphatic carbocycles. The number of halogens is 3. The van der Waals surface area contributed by atoms with E-state index in [4.69, 9.17) is 5.26 Å². The number of aromatic nitrogens is 1. The van der Waals surface area contributed by atoms with Crippen molar-refractivity contribution >= 4 is 5.91 Å². The van der Waals surface area contributed by atoms with Gasteiger partial charge in [-0.1, -0.05) is 12.1 Å². The lowest BCUT2D eigenvalue weighted by atomic mass is 9.82. The highest BCUT2D eigenvalue weighted by molar-refractivity contribution is 5.92. The van der Waals surface area contributed by atoms with Crippen LogP contribution in [0.2, 0.25) is 0 Å². The molecule has 1 saturated carbocycles. The highest BCUT2D eigenvalue weighted by Gasteiger charge is 2.34. The Morgan fingerprint density at radius 1 is 1.18 bits per heavy atom. The molecule has 28 heavy (non-hydrogen) atoms. The number of pyridine rings is 1. The van der Waals surface area contributed by atoms with E-state index in [1.807, 2.05) is 0 Å². The average molecular weight is 387 g/mol. The zero-order valence-corrected chi connectivity index (χ0v) is 15.2. The van der Waals surface area contributed by atoms with Gasteiger partial charge in [0.2, 0.25) is 0 Å². The van der Waals surface area contributed by atoms with Crippen LogP contribution in [0, 0.1) is 17.2 Å². The summed E-state index contributed by atoms with van der Waals surface area (Å²) in [5.41, 5.74) is -0.254. The Balaban J connectivity index is 1.56. The second-order valence-corrected chi connectivity index (χ2v) is 7.10. The zero-order valence-electron chi connectivity index (χ0n) is 15.2. The number of nitrogens with zero attached hydrogens (tertiary/aromatic N) is 2. The van der Waals surface area contributed by atoms with E-state index in [0.717, 1.165) is 31.7 Å². The molecule has 0 unspecified atom stereocenters. The van der Waals surface area contributed by atoms with Gasteiger partial charge < -0.3 is 5.32 Å². The summed E-state index contributed by atoms with van der Waals surface area (Å²) >= 11 is 0. The molecule has 3 rings (SSSR count). The number of carbonyl (C=O) groups is 1. The van der Waals surface area contributed by atoms with Gasteiger partial charge >= 0.3 is 6.18 Å². The van der Waals surface area contributed by atoms with Gasteiger partial charge in [0.25, 0.3) is 5.91 Å². The lowest BCUT2D eigenvalue weighted by Crippen LogP contribution is -2.38. The predicted molar refractivity (Wildman–Crippen MR) is 97.3 cm³/mol. The monoisotopic (exact) mass is 387 g/mol. The standard InChI is InChI=1S/C21H20F3N3O/c22-21(23,24)18-12-15(4-7-16(18)13-25)11-14-5-8-17(9-6-14)27-20(28)19-3-1-2-10-26-19/h1-4,7,10,12,14,17H,5-6,8-9,11H2,(H,27,28). The Bertz CT molecular complexity index is 867. The van der Waals surface area contributed by atoms with Crippen molar-refractivity contribution in [3.8, 4) is 6.07 Å². The molecule has 0 aliphatic heterocycles. The van der Waals surface area contributed by atoms with E-state index in [2.05, 4.69) is 10.3 Å². The molecule has 0 radical (unpaired) electrons. The van der Waals surface area contributed by atoms with Gasteiger partial charge in [0, 0.05) is 12.2 Å². The fourth-order valence-electron chi connectivity index (χ4n) is 3.65. The van der Waals surface area contributed by atoms with Crippen molar-refractivity contribution in [1.82, 2.24) is 10.3 Å². The van der Waals surface area contributed by atoms with Crippen LogP contribution in [-0.4, -0.2) is 16.9 Å². The van der Waals surface area contributed by atoms with Crippen LogP contribution in [0.15, 0.2) is 42.6 Å². The Morgan fingerprint density at radius 3 is 2.54 bits per heavy atom. The van der Waals surface area contributed by atoms with E-state index < -0.39 is 11.7 Å². The molecule has 1 N–H and O–H groups in total. The van der Waals surface area contributed by atoms with Crippen LogP contribution < -0.4 is 5.32 Å². The smallest absolute Gasteiger partial charge is 0.348 e. The number of rotatable bonds is 4. The van der Waals surface area contributed by atoms with Crippen LogP contribution in [0.3, 0.4) is 0 Å². The molecule has 146 valence electrons. The first-order valence-corrected chi connectivity index (χ1v) is 9.19. The maximum absolute atomic E-state index is 13.1. The number of amides is 1. The molecular weight excluding hydrogens is 367 g/mol. The summed E-state index contributed by atoms with van der Waals surface area (Å²) in [6.07, 6.45) is 0.795. The number of carbonyl (C=O) groups excluding carboxylic acids is 1. The number of hydrogen-bond acceptors (Lipinski definition) is 3. The van der Waals surface area contributed by atoms with Gasteiger partial charge in [-0.05, 0) is 67.9 Å². The topological polar surface area (TPSA) is 65.8 Å². The molecule has 7 heteroatoms. The zero-order chi connectivity index (χ0) is 20.1. The molecule has 1 aromatic heterocycles.